The summed E-state index contributed by atoms with van der Waals surface area (Å²) < 4.78 is 0. The summed E-state index contributed by atoms with van der Waals surface area (Å²) in [5, 5.41) is 21.1. The van der Waals surface area contributed by atoms with Gasteiger partial charge in [-0.15, -0.1) is 0 Å². The summed E-state index contributed by atoms with van der Waals surface area (Å²) in [5.41, 5.74) is -0.813. The van der Waals surface area contributed by atoms with Crippen molar-refractivity contribution in [3.05, 3.63) is 0 Å². The largest absolute Gasteiger partial charge is 1.00 e. The Balaban J connectivity index is -0.000000720. The molecule has 0 spiro atoms. The van der Waals surface area contributed by atoms with Gasteiger partial charge in [-0.1, -0.05) is 27.2 Å². The van der Waals surface area contributed by atoms with Crippen LogP contribution in [-0.2, 0) is 9.59 Å². The van der Waals surface area contributed by atoms with Crippen LogP contribution >= 0.6 is 0 Å². The van der Waals surface area contributed by atoms with Crippen molar-refractivity contribution < 1.29 is 68.2 Å². The summed E-state index contributed by atoms with van der Waals surface area (Å²) in [7, 11) is 0. The first-order chi connectivity index (χ1) is 5.83. The summed E-state index contributed by atoms with van der Waals surface area (Å²) in [5.74, 6) is -4.68. The minimum atomic E-state index is -1.57. The Hall–Kier alpha value is 0.537. The average Bonchev–Trinajstić information content (AvgIpc) is 1.82. The maximum Gasteiger partial charge on any atom is 1.00 e. The molecule has 0 radical (unpaired) electrons. The van der Waals surface area contributed by atoms with Crippen LogP contribution in [0, 0.1) is 11.3 Å². The molecule has 0 aromatic carbocycles. The van der Waals surface area contributed by atoms with E-state index in [0.29, 0.717) is 6.42 Å². The Kier molecular flexibility index (Phi) is 12.1. The number of carboxylic acids is 2. The first-order valence-corrected chi connectivity index (χ1v) is 4.24. The van der Waals surface area contributed by atoms with E-state index in [1.165, 1.54) is 0 Å². The van der Waals surface area contributed by atoms with Crippen molar-refractivity contribution in [1.29, 1.82) is 0 Å². The van der Waals surface area contributed by atoms with E-state index in [-0.39, 0.29) is 48.4 Å². The zero-order valence-electron chi connectivity index (χ0n) is 10.1. The van der Waals surface area contributed by atoms with Crippen molar-refractivity contribution in [3.8, 4) is 0 Å². The number of hydrogen-bond donors (Lipinski definition) is 0. The maximum absolute atomic E-state index is 10.5. The Bertz CT molecular complexity index is 204. The molecule has 0 aromatic heterocycles. The standard InChI is InChI=1S/C9H16O4.Li.Na/c1-4-5-9(2,3)6(7(10)11)8(12)13;;/h6H,4-5H2,1-3H3,(H,10,11)(H,12,13);;/q;2*+1/p-2. The summed E-state index contributed by atoms with van der Waals surface area (Å²) in [6, 6.07) is 0. The number of carbonyl (C=O) groups is 2. The van der Waals surface area contributed by atoms with Crippen LogP contribution in [0.5, 0.6) is 0 Å². The second-order valence-corrected chi connectivity index (χ2v) is 3.81. The molecular weight excluding hydrogens is 202 g/mol. The molecule has 0 fully saturated rings. The molecule has 0 aliphatic heterocycles. The van der Waals surface area contributed by atoms with Gasteiger partial charge in [0.2, 0.25) is 0 Å². The van der Waals surface area contributed by atoms with Crippen LogP contribution in [0.3, 0.4) is 0 Å². The molecule has 76 valence electrons. The molecule has 0 unspecified atom stereocenters. The van der Waals surface area contributed by atoms with E-state index in [4.69, 9.17) is 0 Å². The van der Waals surface area contributed by atoms with Crippen molar-refractivity contribution in [3.63, 3.8) is 0 Å². The molecule has 0 saturated heterocycles. The molecule has 0 bridgehead atoms. The van der Waals surface area contributed by atoms with Crippen LogP contribution in [0.1, 0.15) is 33.6 Å². The topological polar surface area (TPSA) is 80.3 Å². The Morgan fingerprint density at radius 3 is 1.73 bits per heavy atom. The quantitative estimate of drug-likeness (QED) is 0.338. The first-order valence-electron chi connectivity index (χ1n) is 4.24. The molecule has 0 aromatic rings. The van der Waals surface area contributed by atoms with Gasteiger partial charge in [-0.05, 0) is 11.8 Å². The summed E-state index contributed by atoms with van der Waals surface area (Å²) in [6.07, 6.45) is 1.24. The van der Waals surface area contributed by atoms with Crippen molar-refractivity contribution in [2.75, 3.05) is 0 Å². The summed E-state index contributed by atoms with van der Waals surface area (Å²) in [4.78, 5) is 21.1. The van der Waals surface area contributed by atoms with Crippen molar-refractivity contribution in [1.82, 2.24) is 0 Å². The van der Waals surface area contributed by atoms with E-state index in [1.54, 1.807) is 13.8 Å². The zero-order valence-corrected chi connectivity index (χ0v) is 12.1. The molecule has 0 rings (SSSR count). The molecule has 4 nitrogen and oxygen atoms in total. The van der Waals surface area contributed by atoms with Gasteiger partial charge in [-0.3, -0.25) is 0 Å². The molecule has 0 saturated carbocycles. The fraction of sp³-hybridized carbons (Fsp3) is 0.778. The van der Waals surface area contributed by atoms with E-state index >= 15 is 0 Å². The van der Waals surface area contributed by atoms with E-state index < -0.39 is 23.3 Å². The van der Waals surface area contributed by atoms with E-state index in [9.17, 15) is 19.8 Å². The predicted molar refractivity (Wildman–Crippen MR) is 42.2 cm³/mol. The SMILES string of the molecule is CCCC(C)(C)C(C(=O)[O-])C(=O)[O-].[Li+].[Na+]. The third-order valence-electron chi connectivity index (χ3n) is 2.15. The minimum absolute atomic E-state index is 0. The predicted octanol–water partition coefficient (Wildman–Crippen LogP) is -7.06. The van der Waals surface area contributed by atoms with Crippen molar-refractivity contribution >= 4 is 11.9 Å². The molecule has 15 heavy (non-hydrogen) atoms. The van der Waals surface area contributed by atoms with Gasteiger partial charge in [-0.25, -0.2) is 0 Å². The van der Waals surface area contributed by atoms with Crippen molar-refractivity contribution in [2.45, 2.75) is 33.6 Å². The number of carbonyl (C=O) groups excluding carboxylic acids is 2. The van der Waals surface area contributed by atoms with Gasteiger partial charge in [0.15, 0.2) is 0 Å². The van der Waals surface area contributed by atoms with Gasteiger partial charge >= 0.3 is 48.4 Å². The van der Waals surface area contributed by atoms with Gasteiger partial charge < -0.3 is 19.8 Å². The number of hydrogen-bond acceptors (Lipinski definition) is 4. The Morgan fingerprint density at radius 1 is 1.20 bits per heavy atom. The first kappa shape index (κ1) is 20.9. The van der Waals surface area contributed by atoms with E-state index in [2.05, 4.69) is 0 Å². The number of rotatable bonds is 5. The second-order valence-electron chi connectivity index (χ2n) is 3.81. The van der Waals surface area contributed by atoms with Crippen LogP contribution in [-0.4, -0.2) is 11.9 Å². The Morgan fingerprint density at radius 2 is 1.53 bits per heavy atom. The molecule has 0 N–H and O–H groups in total. The van der Waals surface area contributed by atoms with Crippen molar-refractivity contribution in [2.24, 2.45) is 11.3 Å². The molecule has 0 atom stereocenters. The van der Waals surface area contributed by atoms with Gasteiger partial charge in [-0.2, -0.15) is 0 Å². The second kappa shape index (κ2) is 8.66. The number of carboxylic acid groups (broad SMARTS) is 2. The van der Waals surface area contributed by atoms with E-state index in [1.807, 2.05) is 6.92 Å². The third-order valence-corrected chi connectivity index (χ3v) is 2.15. The van der Waals surface area contributed by atoms with Gasteiger partial charge in [0.25, 0.3) is 0 Å². The van der Waals surface area contributed by atoms with Crippen LogP contribution in [0.15, 0.2) is 0 Å². The average molecular weight is 216 g/mol. The Labute approximate surface area is 124 Å². The minimum Gasteiger partial charge on any atom is -0.549 e. The van der Waals surface area contributed by atoms with Crippen LogP contribution in [0.25, 0.3) is 0 Å². The smallest absolute Gasteiger partial charge is 0.549 e. The van der Waals surface area contributed by atoms with E-state index in [0.717, 1.165) is 6.42 Å². The fourth-order valence-corrected chi connectivity index (χ4v) is 1.52. The molecule has 0 amide bonds. The zero-order chi connectivity index (χ0) is 10.6. The third kappa shape index (κ3) is 6.65. The number of aliphatic carboxylic acids is 2. The molecule has 0 heterocycles. The van der Waals surface area contributed by atoms with Crippen LogP contribution in [0.2, 0.25) is 0 Å². The normalized spacial score (nSPS) is 10.1. The molecular formula is C9H14LiNaO4. The van der Waals surface area contributed by atoms with Gasteiger partial charge in [0, 0.05) is 5.92 Å². The molecule has 6 heteroatoms. The van der Waals surface area contributed by atoms with Gasteiger partial charge in [0.05, 0.1) is 11.9 Å². The fourth-order valence-electron chi connectivity index (χ4n) is 1.52. The summed E-state index contributed by atoms with van der Waals surface area (Å²) >= 11 is 0. The maximum atomic E-state index is 10.5. The van der Waals surface area contributed by atoms with Crippen LogP contribution < -0.4 is 58.6 Å². The molecule has 0 aliphatic rings. The monoisotopic (exact) mass is 216 g/mol. The van der Waals surface area contributed by atoms with Crippen LogP contribution in [0.4, 0.5) is 0 Å². The summed E-state index contributed by atoms with van der Waals surface area (Å²) in [6.45, 7) is 5.04. The van der Waals surface area contributed by atoms with Gasteiger partial charge in [0.1, 0.15) is 0 Å². The molecule has 0 aliphatic carbocycles.